The molecule has 0 aliphatic carbocycles. The molecule has 0 atom stereocenters. The lowest BCUT2D eigenvalue weighted by molar-refractivity contribution is -0.192. The molecule has 0 unspecified atom stereocenters. The molecule has 3 heterocycles. The highest BCUT2D eigenvalue weighted by atomic mass is 19.4. The number of alkyl halides is 3. The van der Waals surface area contributed by atoms with E-state index in [4.69, 9.17) is 14.6 Å². The number of carboxylic acid groups (broad SMARTS) is 1. The van der Waals surface area contributed by atoms with E-state index in [1.807, 2.05) is 24.7 Å². The first-order chi connectivity index (χ1) is 13.7. The van der Waals surface area contributed by atoms with Crippen LogP contribution in [-0.2, 0) is 35.8 Å². The molecule has 10 heteroatoms. The standard InChI is InChI=1S/C17H24N4O.C2HF3O2/c1-14(2)22-12-16-17-11-20(8-5-9-21(17)13-19-16)10-15-6-3-4-7-18-15;3-2(4,5)1(6)7/h3-4,6-7,13-14H,5,8-12H2,1-2H3;(H,6,7). The van der Waals surface area contributed by atoms with Crippen LogP contribution in [0.4, 0.5) is 13.2 Å². The van der Waals surface area contributed by atoms with Crippen molar-refractivity contribution >= 4 is 5.97 Å². The van der Waals surface area contributed by atoms with Gasteiger partial charge in [0, 0.05) is 32.4 Å². The molecule has 0 spiro atoms. The summed E-state index contributed by atoms with van der Waals surface area (Å²) in [6, 6.07) is 6.10. The molecule has 0 aromatic carbocycles. The van der Waals surface area contributed by atoms with Gasteiger partial charge < -0.3 is 14.4 Å². The fraction of sp³-hybridized carbons (Fsp3) is 0.526. The lowest BCUT2D eigenvalue weighted by Crippen LogP contribution is -2.24. The van der Waals surface area contributed by atoms with E-state index in [1.54, 1.807) is 0 Å². The first-order valence-electron chi connectivity index (χ1n) is 9.23. The summed E-state index contributed by atoms with van der Waals surface area (Å²) in [4.78, 5) is 20.3. The van der Waals surface area contributed by atoms with Crippen LogP contribution in [0.1, 0.15) is 37.4 Å². The number of carbonyl (C=O) groups is 1. The van der Waals surface area contributed by atoms with Crippen LogP contribution in [0.25, 0.3) is 0 Å². The van der Waals surface area contributed by atoms with Crippen LogP contribution in [0.2, 0.25) is 0 Å². The number of aryl methyl sites for hydroxylation is 1. The Bertz CT molecular complexity index is 779. The van der Waals surface area contributed by atoms with E-state index in [0.717, 1.165) is 44.0 Å². The molecule has 29 heavy (non-hydrogen) atoms. The summed E-state index contributed by atoms with van der Waals surface area (Å²) in [7, 11) is 0. The van der Waals surface area contributed by atoms with E-state index in [-0.39, 0.29) is 6.10 Å². The molecule has 0 radical (unpaired) electrons. The predicted octanol–water partition coefficient (Wildman–Crippen LogP) is 3.24. The van der Waals surface area contributed by atoms with Gasteiger partial charge >= 0.3 is 12.1 Å². The van der Waals surface area contributed by atoms with Crippen molar-refractivity contribution in [3.63, 3.8) is 0 Å². The van der Waals surface area contributed by atoms with E-state index in [9.17, 15) is 13.2 Å². The molecule has 0 saturated heterocycles. The minimum absolute atomic E-state index is 0.229. The maximum absolute atomic E-state index is 10.6. The molecular weight excluding hydrogens is 389 g/mol. The van der Waals surface area contributed by atoms with E-state index >= 15 is 0 Å². The van der Waals surface area contributed by atoms with Crippen molar-refractivity contribution in [1.29, 1.82) is 0 Å². The predicted molar refractivity (Wildman–Crippen MR) is 98.8 cm³/mol. The van der Waals surface area contributed by atoms with Crippen molar-refractivity contribution in [2.24, 2.45) is 0 Å². The highest BCUT2D eigenvalue weighted by Crippen LogP contribution is 2.18. The van der Waals surface area contributed by atoms with Gasteiger partial charge in [0.25, 0.3) is 0 Å². The van der Waals surface area contributed by atoms with Crippen molar-refractivity contribution in [3.05, 3.63) is 47.8 Å². The average Bonchev–Trinajstić information content (AvgIpc) is 2.90. The van der Waals surface area contributed by atoms with Gasteiger partial charge in [-0.25, -0.2) is 9.78 Å². The second-order valence-corrected chi connectivity index (χ2v) is 6.88. The molecule has 0 saturated carbocycles. The third kappa shape index (κ3) is 7.47. The number of aromatic nitrogens is 3. The van der Waals surface area contributed by atoms with Crippen LogP contribution < -0.4 is 0 Å². The number of imidazole rings is 1. The number of halogens is 3. The van der Waals surface area contributed by atoms with E-state index in [2.05, 4.69) is 39.3 Å². The van der Waals surface area contributed by atoms with Gasteiger partial charge in [0.05, 0.1) is 36.1 Å². The number of aliphatic carboxylic acids is 1. The first-order valence-corrected chi connectivity index (χ1v) is 9.23. The Morgan fingerprint density at radius 3 is 2.59 bits per heavy atom. The molecule has 3 rings (SSSR count). The summed E-state index contributed by atoms with van der Waals surface area (Å²) in [6.07, 6.45) is 0.103. The first kappa shape index (κ1) is 22.8. The molecule has 0 fully saturated rings. The van der Waals surface area contributed by atoms with Crippen LogP contribution in [0.15, 0.2) is 30.7 Å². The number of rotatable bonds is 5. The van der Waals surface area contributed by atoms with Crippen molar-refractivity contribution in [1.82, 2.24) is 19.4 Å². The van der Waals surface area contributed by atoms with Crippen molar-refractivity contribution in [3.8, 4) is 0 Å². The smallest absolute Gasteiger partial charge is 0.475 e. The van der Waals surface area contributed by atoms with Gasteiger partial charge in [0.1, 0.15) is 0 Å². The summed E-state index contributed by atoms with van der Waals surface area (Å²) in [5.74, 6) is -2.76. The van der Waals surface area contributed by atoms with Crippen LogP contribution in [-0.4, -0.2) is 49.3 Å². The molecule has 7 nitrogen and oxygen atoms in total. The number of ether oxygens (including phenoxy) is 1. The zero-order valence-electron chi connectivity index (χ0n) is 16.4. The maximum Gasteiger partial charge on any atom is 0.490 e. The topological polar surface area (TPSA) is 80.5 Å². The van der Waals surface area contributed by atoms with Gasteiger partial charge in [0.2, 0.25) is 0 Å². The van der Waals surface area contributed by atoms with Crippen LogP contribution >= 0.6 is 0 Å². The Morgan fingerprint density at radius 1 is 1.28 bits per heavy atom. The molecule has 1 aliphatic rings. The number of nitrogens with zero attached hydrogens (tertiary/aromatic N) is 4. The van der Waals surface area contributed by atoms with Gasteiger partial charge in [-0.1, -0.05) is 6.07 Å². The number of carboxylic acids is 1. The molecule has 1 N–H and O–H groups in total. The van der Waals surface area contributed by atoms with Crippen LogP contribution in [0.3, 0.4) is 0 Å². The Morgan fingerprint density at radius 2 is 2.00 bits per heavy atom. The Hall–Kier alpha value is -2.46. The minimum atomic E-state index is -5.08. The van der Waals surface area contributed by atoms with Crippen molar-refractivity contribution in [2.45, 2.75) is 58.8 Å². The zero-order chi connectivity index (χ0) is 21.4. The third-order valence-electron chi connectivity index (χ3n) is 4.19. The largest absolute Gasteiger partial charge is 0.490 e. The highest BCUT2D eigenvalue weighted by Gasteiger charge is 2.38. The second-order valence-electron chi connectivity index (χ2n) is 6.88. The summed E-state index contributed by atoms with van der Waals surface area (Å²) in [5.41, 5.74) is 3.48. The molecule has 2 aromatic heterocycles. The molecule has 1 aliphatic heterocycles. The van der Waals surface area contributed by atoms with Crippen LogP contribution in [0.5, 0.6) is 0 Å². The van der Waals surface area contributed by atoms with Gasteiger partial charge in [-0.2, -0.15) is 13.2 Å². The molecular formula is C19H25F3N4O3. The SMILES string of the molecule is CC(C)OCc1ncn2c1CN(Cc1ccccn1)CCC2.O=C(O)C(F)(F)F. The van der Waals surface area contributed by atoms with Gasteiger partial charge in [-0.05, 0) is 32.4 Å². The molecule has 0 bridgehead atoms. The fourth-order valence-electron chi connectivity index (χ4n) is 2.80. The number of hydrogen-bond donors (Lipinski definition) is 1. The van der Waals surface area contributed by atoms with E-state index in [1.165, 1.54) is 5.69 Å². The Kier molecular flexibility index (Phi) is 8.15. The Labute approximate surface area is 167 Å². The number of hydrogen-bond acceptors (Lipinski definition) is 5. The van der Waals surface area contributed by atoms with Gasteiger partial charge in [-0.3, -0.25) is 9.88 Å². The molecule has 2 aromatic rings. The second kappa shape index (κ2) is 10.4. The van der Waals surface area contributed by atoms with E-state index < -0.39 is 12.1 Å². The summed E-state index contributed by atoms with van der Waals surface area (Å²) in [5, 5.41) is 7.12. The summed E-state index contributed by atoms with van der Waals surface area (Å²) < 4.78 is 39.8. The normalized spacial score (nSPS) is 14.7. The average molecular weight is 414 g/mol. The summed E-state index contributed by atoms with van der Waals surface area (Å²) >= 11 is 0. The highest BCUT2D eigenvalue weighted by molar-refractivity contribution is 5.73. The number of pyridine rings is 1. The fourth-order valence-corrected chi connectivity index (χ4v) is 2.80. The van der Waals surface area contributed by atoms with Crippen LogP contribution in [0, 0.1) is 0 Å². The van der Waals surface area contributed by atoms with Crippen molar-refractivity contribution in [2.75, 3.05) is 6.54 Å². The quantitative estimate of drug-likeness (QED) is 0.809. The zero-order valence-corrected chi connectivity index (χ0v) is 16.4. The number of fused-ring (bicyclic) bond motifs is 1. The minimum Gasteiger partial charge on any atom is -0.475 e. The van der Waals surface area contributed by atoms with Crippen molar-refractivity contribution < 1.29 is 27.8 Å². The van der Waals surface area contributed by atoms with Gasteiger partial charge in [0.15, 0.2) is 0 Å². The lowest BCUT2D eigenvalue weighted by atomic mass is 10.2. The third-order valence-corrected chi connectivity index (χ3v) is 4.19. The monoisotopic (exact) mass is 414 g/mol. The maximum atomic E-state index is 10.6. The van der Waals surface area contributed by atoms with Gasteiger partial charge in [-0.15, -0.1) is 0 Å². The Balaban J connectivity index is 0.000000370. The summed E-state index contributed by atoms with van der Waals surface area (Å²) in [6.45, 7) is 8.62. The molecule has 160 valence electrons. The lowest BCUT2D eigenvalue weighted by Gasteiger charge is -2.19. The van der Waals surface area contributed by atoms with E-state index in [0.29, 0.717) is 6.61 Å². The molecule has 0 amide bonds.